The fourth-order valence-electron chi connectivity index (χ4n) is 2.63. The molecular formula is C13H19ClN2O. The summed E-state index contributed by atoms with van der Waals surface area (Å²) in [5, 5.41) is 4.68. The maximum absolute atomic E-state index is 12.4. The lowest BCUT2D eigenvalue weighted by atomic mass is 9.99. The van der Waals surface area contributed by atoms with E-state index < -0.39 is 0 Å². The van der Waals surface area contributed by atoms with Crippen LogP contribution in [0, 0.1) is 11.8 Å². The van der Waals surface area contributed by atoms with Crippen molar-refractivity contribution in [3.8, 4) is 0 Å². The van der Waals surface area contributed by atoms with Crippen LogP contribution in [0.4, 0.5) is 0 Å². The van der Waals surface area contributed by atoms with E-state index in [0.717, 1.165) is 32.2 Å². The second-order valence-electron chi connectivity index (χ2n) is 5.04. The predicted molar refractivity (Wildman–Crippen MR) is 68.4 cm³/mol. The van der Waals surface area contributed by atoms with Crippen LogP contribution in [-0.4, -0.2) is 15.6 Å². The first kappa shape index (κ1) is 12.6. The van der Waals surface area contributed by atoms with Gasteiger partial charge >= 0.3 is 0 Å². The van der Waals surface area contributed by atoms with Crippen LogP contribution in [0.1, 0.15) is 50.0 Å². The first-order valence-electron chi connectivity index (χ1n) is 6.39. The molecule has 1 aliphatic rings. The van der Waals surface area contributed by atoms with Crippen molar-refractivity contribution in [2.24, 2.45) is 11.8 Å². The van der Waals surface area contributed by atoms with E-state index in [1.165, 1.54) is 0 Å². The number of aryl methyl sites for hydroxylation is 1. The summed E-state index contributed by atoms with van der Waals surface area (Å²) < 4.78 is 1.76. The first-order valence-corrected chi connectivity index (χ1v) is 6.76. The van der Waals surface area contributed by atoms with Crippen LogP contribution in [-0.2, 0) is 6.54 Å². The second-order valence-corrected chi connectivity index (χ2v) is 5.45. The Labute approximate surface area is 107 Å². The van der Waals surface area contributed by atoms with Gasteiger partial charge in [0.1, 0.15) is 5.69 Å². The highest BCUT2D eigenvalue weighted by atomic mass is 35.5. The van der Waals surface area contributed by atoms with E-state index in [1.54, 1.807) is 10.9 Å². The second kappa shape index (κ2) is 5.21. The number of hydrogen-bond donors (Lipinski definition) is 0. The number of ketones is 1. The zero-order valence-electron chi connectivity index (χ0n) is 10.4. The van der Waals surface area contributed by atoms with Crippen molar-refractivity contribution >= 4 is 17.4 Å². The van der Waals surface area contributed by atoms with Gasteiger partial charge in [0.15, 0.2) is 5.78 Å². The van der Waals surface area contributed by atoms with Gasteiger partial charge in [-0.2, -0.15) is 5.10 Å². The molecule has 17 heavy (non-hydrogen) atoms. The lowest BCUT2D eigenvalue weighted by Gasteiger charge is -2.11. The molecule has 2 atom stereocenters. The van der Waals surface area contributed by atoms with Gasteiger partial charge in [0.25, 0.3) is 0 Å². The summed E-state index contributed by atoms with van der Waals surface area (Å²) in [6.07, 6.45) is 5.68. The Kier molecular flexibility index (Phi) is 3.87. The standard InChI is InChI=1S/C13H19ClN2O/c1-3-6-16-12(11(14)8-15-16)13(17)10-5-4-9(2)7-10/h8-10H,3-7H2,1-2H3. The molecule has 1 aromatic heterocycles. The van der Waals surface area contributed by atoms with E-state index in [2.05, 4.69) is 18.9 Å². The average molecular weight is 255 g/mol. The van der Waals surface area contributed by atoms with E-state index in [9.17, 15) is 4.79 Å². The van der Waals surface area contributed by atoms with Crippen LogP contribution in [0.3, 0.4) is 0 Å². The Morgan fingerprint density at radius 2 is 2.35 bits per heavy atom. The molecule has 0 aromatic carbocycles. The smallest absolute Gasteiger partial charge is 0.185 e. The summed E-state index contributed by atoms with van der Waals surface area (Å²) in [4.78, 5) is 12.4. The van der Waals surface area contributed by atoms with Crippen molar-refractivity contribution in [3.63, 3.8) is 0 Å². The highest BCUT2D eigenvalue weighted by molar-refractivity contribution is 6.33. The number of hydrogen-bond acceptors (Lipinski definition) is 2. The fraction of sp³-hybridized carbons (Fsp3) is 0.692. The van der Waals surface area contributed by atoms with Gasteiger partial charge in [-0.15, -0.1) is 0 Å². The molecule has 2 unspecified atom stereocenters. The molecule has 0 amide bonds. The lowest BCUT2D eigenvalue weighted by molar-refractivity contribution is 0.0909. The van der Waals surface area contributed by atoms with Crippen molar-refractivity contribution in [1.82, 2.24) is 9.78 Å². The molecule has 1 saturated carbocycles. The number of aromatic nitrogens is 2. The van der Waals surface area contributed by atoms with Gasteiger partial charge in [-0.25, -0.2) is 0 Å². The molecule has 0 N–H and O–H groups in total. The average Bonchev–Trinajstić information content (AvgIpc) is 2.86. The maximum Gasteiger partial charge on any atom is 0.185 e. The third kappa shape index (κ3) is 2.54. The Balaban J connectivity index is 2.21. The van der Waals surface area contributed by atoms with Crippen molar-refractivity contribution in [2.75, 3.05) is 0 Å². The maximum atomic E-state index is 12.4. The molecular weight excluding hydrogens is 236 g/mol. The fourth-order valence-corrected chi connectivity index (χ4v) is 2.86. The van der Waals surface area contributed by atoms with Gasteiger partial charge in [0.05, 0.1) is 11.2 Å². The Morgan fingerprint density at radius 3 is 2.94 bits per heavy atom. The number of nitrogens with zero attached hydrogens (tertiary/aromatic N) is 2. The largest absolute Gasteiger partial charge is 0.292 e. The summed E-state index contributed by atoms with van der Waals surface area (Å²) in [5.74, 6) is 0.991. The highest BCUT2D eigenvalue weighted by Gasteiger charge is 2.31. The van der Waals surface area contributed by atoms with Crippen molar-refractivity contribution in [1.29, 1.82) is 0 Å². The van der Waals surface area contributed by atoms with Crippen LogP contribution in [0.25, 0.3) is 0 Å². The number of rotatable bonds is 4. The minimum Gasteiger partial charge on any atom is -0.292 e. The minimum absolute atomic E-state index is 0.148. The molecule has 1 heterocycles. The molecule has 0 spiro atoms. The van der Waals surface area contributed by atoms with Gasteiger partial charge in [0, 0.05) is 12.5 Å². The van der Waals surface area contributed by atoms with Gasteiger partial charge < -0.3 is 0 Å². The molecule has 2 rings (SSSR count). The molecule has 1 aromatic rings. The highest BCUT2D eigenvalue weighted by Crippen LogP contribution is 2.34. The van der Waals surface area contributed by atoms with Crippen molar-refractivity contribution < 1.29 is 4.79 Å². The Bertz CT molecular complexity index is 414. The number of Topliss-reactive ketones (excluding diaryl/α,β-unsaturated/α-hetero) is 1. The number of halogens is 1. The molecule has 1 aliphatic carbocycles. The monoisotopic (exact) mass is 254 g/mol. The van der Waals surface area contributed by atoms with Gasteiger partial charge in [-0.3, -0.25) is 9.48 Å². The Hall–Kier alpha value is -0.830. The lowest BCUT2D eigenvalue weighted by Crippen LogP contribution is -2.17. The Morgan fingerprint density at radius 1 is 1.59 bits per heavy atom. The van der Waals surface area contributed by atoms with E-state index in [-0.39, 0.29) is 11.7 Å². The van der Waals surface area contributed by atoms with Crippen LogP contribution < -0.4 is 0 Å². The van der Waals surface area contributed by atoms with Crippen LogP contribution in [0.2, 0.25) is 5.02 Å². The molecule has 94 valence electrons. The third-order valence-electron chi connectivity index (χ3n) is 3.53. The van der Waals surface area contributed by atoms with Crippen molar-refractivity contribution in [2.45, 2.75) is 46.1 Å². The van der Waals surface area contributed by atoms with E-state index in [4.69, 9.17) is 11.6 Å². The molecule has 0 bridgehead atoms. The van der Waals surface area contributed by atoms with Gasteiger partial charge in [0.2, 0.25) is 0 Å². The zero-order valence-corrected chi connectivity index (χ0v) is 11.2. The molecule has 0 saturated heterocycles. The molecule has 1 fully saturated rings. The van der Waals surface area contributed by atoms with Gasteiger partial charge in [-0.05, 0) is 31.6 Å². The summed E-state index contributed by atoms with van der Waals surface area (Å²) >= 11 is 6.09. The summed E-state index contributed by atoms with van der Waals surface area (Å²) in [6.45, 7) is 5.04. The molecule has 0 radical (unpaired) electrons. The first-order chi connectivity index (χ1) is 8.13. The summed E-state index contributed by atoms with van der Waals surface area (Å²) in [7, 11) is 0. The van der Waals surface area contributed by atoms with Crippen LogP contribution in [0.15, 0.2) is 6.20 Å². The van der Waals surface area contributed by atoms with E-state index in [1.807, 2.05) is 0 Å². The summed E-state index contributed by atoms with van der Waals surface area (Å²) in [6, 6.07) is 0. The summed E-state index contributed by atoms with van der Waals surface area (Å²) in [5.41, 5.74) is 0.618. The van der Waals surface area contributed by atoms with Crippen LogP contribution in [0.5, 0.6) is 0 Å². The normalized spacial score (nSPS) is 24.2. The van der Waals surface area contributed by atoms with Crippen LogP contribution >= 0.6 is 11.6 Å². The van der Waals surface area contributed by atoms with E-state index >= 15 is 0 Å². The number of carbonyl (C=O) groups excluding carboxylic acids is 1. The number of carbonyl (C=O) groups is 1. The molecule has 0 aliphatic heterocycles. The predicted octanol–water partition coefficient (Wildman–Crippen LogP) is 3.57. The minimum atomic E-state index is 0.148. The van der Waals surface area contributed by atoms with Crippen molar-refractivity contribution in [3.05, 3.63) is 16.9 Å². The molecule has 4 heteroatoms. The third-order valence-corrected chi connectivity index (χ3v) is 3.81. The quantitative estimate of drug-likeness (QED) is 0.770. The van der Waals surface area contributed by atoms with Gasteiger partial charge in [-0.1, -0.05) is 25.4 Å². The topological polar surface area (TPSA) is 34.9 Å². The molecule has 3 nitrogen and oxygen atoms in total. The zero-order chi connectivity index (χ0) is 12.4. The SMILES string of the molecule is CCCn1ncc(Cl)c1C(=O)C1CCC(C)C1. The van der Waals surface area contributed by atoms with E-state index in [0.29, 0.717) is 16.6 Å².